The van der Waals surface area contributed by atoms with Crippen LogP contribution in [-0.4, -0.2) is 49.8 Å². The average Bonchev–Trinajstić information content (AvgIpc) is 3.27. The lowest BCUT2D eigenvalue weighted by molar-refractivity contribution is 0.0596. The minimum atomic E-state index is -3.70. The molecule has 1 amide bonds. The molecule has 2 heterocycles. The summed E-state index contributed by atoms with van der Waals surface area (Å²) in [5, 5.41) is 0. The standard InChI is InChI=1S/C19H21N3O6S/c1-27-19(24)14-5-4-8-21-16(14)12-28-17-7-6-13(11-15(17)18(20)23)29(25,26)22-9-2-3-10-22/h4-8,11H,2-3,9-10,12H2,1H3,(H2,20,23). The molecule has 10 heteroatoms. The van der Waals surface area contributed by atoms with Gasteiger partial charge in [-0.05, 0) is 43.2 Å². The lowest BCUT2D eigenvalue weighted by Gasteiger charge is -2.17. The Labute approximate surface area is 168 Å². The predicted octanol–water partition coefficient (Wildman–Crippen LogP) is 1.33. The minimum absolute atomic E-state index is 0.0198. The number of rotatable bonds is 7. The number of carbonyl (C=O) groups is 2. The highest BCUT2D eigenvalue weighted by Crippen LogP contribution is 2.27. The Morgan fingerprint density at radius 1 is 1.17 bits per heavy atom. The third-order valence-electron chi connectivity index (χ3n) is 4.58. The predicted molar refractivity (Wildman–Crippen MR) is 103 cm³/mol. The Hall–Kier alpha value is -2.98. The number of nitrogens with two attached hydrogens (primary N) is 1. The van der Waals surface area contributed by atoms with Crippen molar-refractivity contribution in [1.29, 1.82) is 0 Å². The first-order valence-electron chi connectivity index (χ1n) is 8.93. The summed E-state index contributed by atoms with van der Waals surface area (Å²) in [6, 6.07) is 7.09. The van der Waals surface area contributed by atoms with Gasteiger partial charge in [0.15, 0.2) is 0 Å². The fourth-order valence-electron chi connectivity index (χ4n) is 3.06. The van der Waals surface area contributed by atoms with E-state index in [1.807, 2.05) is 0 Å². The molecule has 9 nitrogen and oxygen atoms in total. The van der Waals surface area contributed by atoms with Crippen LogP contribution in [0.4, 0.5) is 0 Å². The molecule has 1 aliphatic heterocycles. The van der Waals surface area contributed by atoms with Gasteiger partial charge in [-0.1, -0.05) is 0 Å². The SMILES string of the molecule is COC(=O)c1cccnc1COc1ccc(S(=O)(=O)N2CCCC2)cc1C(N)=O. The van der Waals surface area contributed by atoms with Crippen molar-refractivity contribution in [3.63, 3.8) is 0 Å². The van der Waals surface area contributed by atoms with Gasteiger partial charge >= 0.3 is 5.97 Å². The van der Waals surface area contributed by atoms with Gasteiger partial charge in [0.2, 0.25) is 10.0 Å². The maximum absolute atomic E-state index is 12.7. The van der Waals surface area contributed by atoms with E-state index in [2.05, 4.69) is 4.98 Å². The number of hydrogen-bond acceptors (Lipinski definition) is 7. The molecule has 154 valence electrons. The van der Waals surface area contributed by atoms with Crippen molar-refractivity contribution in [3.8, 4) is 5.75 Å². The highest BCUT2D eigenvalue weighted by Gasteiger charge is 2.28. The lowest BCUT2D eigenvalue weighted by Crippen LogP contribution is -2.28. The van der Waals surface area contributed by atoms with Crippen molar-refractivity contribution in [3.05, 3.63) is 53.3 Å². The molecular weight excluding hydrogens is 398 g/mol. The van der Waals surface area contributed by atoms with Crippen LogP contribution in [0.1, 0.15) is 39.3 Å². The summed E-state index contributed by atoms with van der Waals surface area (Å²) in [6.45, 7) is 0.759. The zero-order valence-corrected chi connectivity index (χ0v) is 16.6. The summed E-state index contributed by atoms with van der Waals surface area (Å²) in [4.78, 5) is 27.8. The number of nitrogens with zero attached hydrogens (tertiary/aromatic N) is 2. The summed E-state index contributed by atoms with van der Waals surface area (Å²) in [6.07, 6.45) is 3.09. The number of esters is 1. The van der Waals surface area contributed by atoms with Gasteiger partial charge < -0.3 is 15.2 Å². The second-order valence-corrected chi connectivity index (χ2v) is 8.35. The van der Waals surface area contributed by atoms with Crippen LogP contribution in [0.15, 0.2) is 41.4 Å². The summed E-state index contributed by atoms with van der Waals surface area (Å²) < 4.78 is 37.2. The fourth-order valence-corrected chi connectivity index (χ4v) is 4.60. The smallest absolute Gasteiger partial charge is 0.339 e. The molecule has 1 fully saturated rings. The Kier molecular flexibility index (Phi) is 6.14. The van der Waals surface area contributed by atoms with Gasteiger partial charge in [0, 0.05) is 19.3 Å². The van der Waals surface area contributed by atoms with Gasteiger partial charge in [0.25, 0.3) is 5.91 Å². The maximum Gasteiger partial charge on any atom is 0.339 e. The molecular formula is C19H21N3O6S. The van der Waals surface area contributed by atoms with Crippen LogP contribution in [0.3, 0.4) is 0 Å². The van der Waals surface area contributed by atoms with E-state index < -0.39 is 21.9 Å². The number of primary amides is 1. The molecule has 29 heavy (non-hydrogen) atoms. The van der Waals surface area contributed by atoms with E-state index in [0.29, 0.717) is 18.8 Å². The lowest BCUT2D eigenvalue weighted by atomic mass is 10.2. The van der Waals surface area contributed by atoms with Crippen LogP contribution in [0.2, 0.25) is 0 Å². The zero-order chi connectivity index (χ0) is 21.0. The Morgan fingerprint density at radius 2 is 1.90 bits per heavy atom. The fraction of sp³-hybridized carbons (Fsp3) is 0.316. The number of pyridine rings is 1. The molecule has 3 rings (SSSR count). The van der Waals surface area contributed by atoms with Crippen molar-refractivity contribution < 1.29 is 27.5 Å². The molecule has 1 aliphatic rings. The number of aromatic nitrogens is 1. The van der Waals surface area contributed by atoms with Gasteiger partial charge in [-0.3, -0.25) is 9.78 Å². The quantitative estimate of drug-likeness (QED) is 0.670. The Morgan fingerprint density at radius 3 is 2.55 bits per heavy atom. The summed E-state index contributed by atoms with van der Waals surface area (Å²) in [5.74, 6) is -1.30. The number of ether oxygens (including phenoxy) is 2. The summed E-state index contributed by atoms with van der Waals surface area (Å²) in [7, 11) is -2.45. The molecule has 0 unspecified atom stereocenters. The van der Waals surface area contributed by atoms with Crippen LogP contribution in [0.5, 0.6) is 5.75 Å². The topological polar surface area (TPSA) is 129 Å². The van der Waals surface area contributed by atoms with Crippen molar-refractivity contribution in [1.82, 2.24) is 9.29 Å². The van der Waals surface area contributed by atoms with Gasteiger partial charge in [-0.2, -0.15) is 4.31 Å². The summed E-state index contributed by atoms with van der Waals surface area (Å²) in [5.41, 5.74) is 5.90. The van der Waals surface area contributed by atoms with E-state index in [-0.39, 0.29) is 28.4 Å². The first-order chi connectivity index (χ1) is 13.8. The molecule has 2 N–H and O–H groups in total. The number of sulfonamides is 1. The van der Waals surface area contributed by atoms with E-state index in [1.54, 1.807) is 6.07 Å². The first-order valence-corrected chi connectivity index (χ1v) is 10.4. The third-order valence-corrected chi connectivity index (χ3v) is 6.47. The zero-order valence-electron chi connectivity index (χ0n) is 15.8. The van der Waals surface area contributed by atoms with Crippen LogP contribution in [0, 0.1) is 0 Å². The van der Waals surface area contributed by atoms with E-state index in [4.69, 9.17) is 15.2 Å². The van der Waals surface area contributed by atoms with Gasteiger partial charge in [0.05, 0.1) is 28.8 Å². The van der Waals surface area contributed by atoms with Crippen LogP contribution in [-0.2, 0) is 21.4 Å². The second-order valence-electron chi connectivity index (χ2n) is 6.41. The summed E-state index contributed by atoms with van der Waals surface area (Å²) >= 11 is 0. The molecule has 1 saturated heterocycles. The molecule has 0 radical (unpaired) electrons. The minimum Gasteiger partial charge on any atom is -0.486 e. The highest BCUT2D eigenvalue weighted by molar-refractivity contribution is 7.89. The normalized spacial score (nSPS) is 14.5. The van der Waals surface area contributed by atoms with Gasteiger partial charge in [0.1, 0.15) is 12.4 Å². The van der Waals surface area contributed by atoms with Crippen LogP contribution in [0.25, 0.3) is 0 Å². The first kappa shape index (κ1) is 20.7. The number of amides is 1. The molecule has 2 aromatic rings. The average molecular weight is 419 g/mol. The van der Waals surface area contributed by atoms with E-state index >= 15 is 0 Å². The Bertz CT molecular complexity index is 1030. The van der Waals surface area contributed by atoms with Crippen molar-refractivity contribution in [2.45, 2.75) is 24.3 Å². The van der Waals surface area contributed by atoms with Crippen molar-refractivity contribution in [2.75, 3.05) is 20.2 Å². The molecule has 0 spiro atoms. The number of hydrogen-bond donors (Lipinski definition) is 1. The molecule has 1 aromatic carbocycles. The van der Waals surface area contributed by atoms with Gasteiger partial charge in [-0.25, -0.2) is 13.2 Å². The molecule has 0 atom stereocenters. The van der Waals surface area contributed by atoms with Crippen molar-refractivity contribution >= 4 is 21.9 Å². The highest BCUT2D eigenvalue weighted by atomic mass is 32.2. The maximum atomic E-state index is 12.7. The number of benzene rings is 1. The van der Waals surface area contributed by atoms with Crippen LogP contribution < -0.4 is 10.5 Å². The Balaban J connectivity index is 1.87. The van der Waals surface area contributed by atoms with E-state index in [9.17, 15) is 18.0 Å². The third kappa shape index (κ3) is 4.38. The number of carbonyl (C=O) groups excluding carboxylic acids is 2. The van der Waals surface area contributed by atoms with Gasteiger partial charge in [-0.15, -0.1) is 0 Å². The monoisotopic (exact) mass is 419 g/mol. The largest absolute Gasteiger partial charge is 0.486 e. The molecule has 0 saturated carbocycles. The molecule has 1 aromatic heterocycles. The second kappa shape index (κ2) is 8.58. The van der Waals surface area contributed by atoms with Crippen LogP contribution >= 0.6 is 0 Å². The number of methoxy groups -OCH3 is 1. The van der Waals surface area contributed by atoms with Crippen molar-refractivity contribution in [2.24, 2.45) is 5.73 Å². The molecule has 0 bridgehead atoms. The van der Waals surface area contributed by atoms with E-state index in [1.165, 1.54) is 41.9 Å². The molecule has 0 aliphatic carbocycles. The van der Waals surface area contributed by atoms with E-state index in [0.717, 1.165) is 12.8 Å².